The first-order chi connectivity index (χ1) is 14.5. The Balaban J connectivity index is 1.91. The van der Waals surface area contributed by atoms with Gasteiger partial charge in [-0.15, -0.1) is 0 Å². The summed E-state index contributed by atoms with van der Waals surface area (Å²) in [6, 6.07) is 25.0. The molecule has 2 N–H and O–H groups in total. The minimum Gasteiger partial charge on any atom is -0.361 e. The molecule has 4 aromatic rings. The predicted molar refractivity (Wildman–Crippen MR) is 127 cm³/mol. The quantitative estimate of drug-likeness (QED) is 0.350. The van der Waals surface area contributed by atoms with Gasteiger partial charge in [0.1, 0.15) is 0 Å². The Morgan fingerprint density at radius 1 is 1.03 bits per heavy atom. The molecule has 0 radical (unpaired) electrons. The summed E-state index contributed by atoms with van der Waals surface area (Å²) in [5, 5.41) is 4.47. The molecular formula is C26H25BrN2O. The number of hydrogen-bond donors (Lipinski definition) is 2. The maximum Gasteiger partial charge on any atom is 0.217 e. The summed E-state index contributed by atoms with van der Waals surface area (Å²) in [6.07, 6.45) is 3.60. The van der Waals surface area contributed by atoms with Gasteiger partial charge >= 0.3 is 0 Å². The minimum atomic E-state index is -0.646. The molecule has 30 heavy (non-hydrogen) atoms. The van der Waals surface area contributed by atoms with Crippen LogP contribution in [0, 0.1) is 6.92 Å². The van der Waals surface area contributed by atoms with Crippen molar-refractivity contribution in [2.45, 2.75) is 32.2 Å². The molecule has 0 aliphatic heterocycles. The molecule has 0 aliphatic carbocycles. The molecule has 3 aromatic carbocycles. The lowest BCUT2D eigenvalue weighted by atomic mass is 9.77. The Morgan fingerprint density at radius 3 is 2.57 bits per heavy atom. The third-order valence-electron chi connectivity index (χ3n) is 5.68. The zero-order valence-electron chi connectivity index (χ0n) is 17.2. The Bertz CT molecular complexity index is 1200. The van der Waals surface area contributed by atoms with Gasteiger partial charge in [0.2, 0.25) is 5.91 Å². The number of carbonyl (C=O) groups is 1. The van der Waals surface area contributed by atoms with Crippen molar-refractivity contribution < 1.29 is 4.79 Å². The first-order valence-corrected chi connectivity index (χ1v) is 10.9. The summed E-state index contributed by atoms with van der Waals surface area (Å²) in [7, 11) is 0. The number of carbonyl (C=O) groups excluding carboxylic acids is 1. The molecule has 152 valence electrons. The average molecular weight is 461 g/mol. The van der Waals surface area contributed by atoms with Crippen LogP contribution in [0.2, 0.25) is 0 Å². The van der Waals surface area contributed by atoms with E-state index in [0.29, 0.717) is 0 Å². The average Bonchev–Trinajstić information content (AvgIpc) is 3.16. The number of fused-ring (bicyclic) bond motifs is 1. The highest BCUT2D eigenvalue weighted by atomic mass is 79.9. The molecule has 3 nitrogen and oxygen atoms in total. The number of benzene rings is 3. The Labute approximate surface area is 185 Å². The smallest absolute Gasteiger partial charge is 0.217 e. The maximum atomic E-state index is 12.5. The number of rotatable bonds is 6. The summed E-state index contributed by atoms with van der Waals surface area (Å²) in [5.41, 5.74) is 4.99. The monoisotopic (exact) mass is 460 g/mol. The lowest BCUT2D eigenvalue weighted by molar-refractivity contribution is -0.120. The van der Waals surface area contributed by atoms with E-state index in [2.05, 4.69) is 87.8 Å². The summed E-state index contributed by atoms with van der Waals surface area (Å²) >= 11 is 3.68. The molecule has 0 fully saturated rings. The number of hydrogen-bond acceptors (Lipinski definition) is 1. The molecule has 0 saturated heterocycles. The van der Waals surface area contributed by atoms with E-state index in [9.17, 15) is 4.79 Å². The van der Waals surface area contributed by atoms with Gasteiger partial charge in [-0.2, -0.15) is 0 Å². The predicted octanol–water partition coefficient (Wildman–Crippen LogP) is 6.25. The van der Waals surface area contributed by atoms with Crippen LogP contribution in [0.25, 0.3) is 10.9 Å². The molecule has 1 heterocycles. The van der Waals surface area contributed by atoms with Crippen LogP contribution in [0.4, 0.5) is 0 Å². The molecule has 1 aromatic heterocycles. The second-order valence-electron chi connectivity index (χ2n) is 7.80. The second kappa shape index (κ2) is 8.49. The van der Waals surface area contributed by atoms with Gasteiger partial charge in [0.25, 0.3) is 0 Å². The largest absolute Gasteiger partial charge is 0.361 e. The maximum absolute atomic E-state index is 12.5. The van der Waals surface area contributed by atoms with Crippen LogP contribution < -0.4 is 5.32 Å². The molecular weight excluding hydrogens is 436 g/mol. The van der Waals surface area contributed by atoms with Crippen LogP contribution in [0.1, 0.15) is 35.6 Å². The molecule has 0 bridgehead atoms. The van der Waals surface area contributed by atoms with Crippen LogP contribution in [0.3, 0.4) is 0 Å². The molecule has 0 saturated carbocycles. The van der Waals surface area contributed by atoms with E-state index < -0.39 is 5.54 Å². The number of para-hydroxylation sites is 1. The van der Waals surface area contributed by atoms with Crippen molar-refractivity contribution in [1.29, 1.82) is 0 Å². The highest BCUT2D eigenvalue weighted by Crippen LogP contribution is 2.39. The summed E-state index contributed by atoms with van der Waals surface area (Å²) in [5.74, 6) is -0.0473. The van der Waals surface area contributed by atoms with Crippen LogP contribution in [-0.2, 0) is 16.8 Å². The summed E-state index contributed by atoms with van der Waals surface area (Å²) < 4.78 is 1.09. The van der Waals surface area contributed by atoms with Gasteiger partial charge in [-0.05, 0) is 43.0 Å². The third kappa shape index (κ3) is 3.92. The van der Waals surface area contributed by atoms with Gasteiger partial charge in [-0.25, -0.2) is 0 Å². The van der Waals surface area contributed by atoms with Crippen LogP contribution >= 0.6 is 15.9 Å². The fourth-order valence-corrected chi connectivity index (χ4v) is 4.78. The molecule has 0 spiro atoms. The normalized spacial score (nSPS) is 13.2. The summed E-state index contributed by atoms with van der Waals surface area (Å²) in [4.78, 5) is 15.9. The van der Waals surface area contributed by atoms with E-state index in [1.165, 1.54) is 11.1 Å². The SMILES string of the molecule is CC(=O)N[C@](CCc1ccccc1Br)(c1cccc(C)c1)c1c[nH]c2ccccc12. The van der Waals surface area contributed by atoms with Crippen LogP contribution in [-0.4, -0.2) is 10.9 Å². The zero-order chi connectivity index (χ0) is 21.1. The lowest BCUT2D eigenvalue weighted by Gasteiger charge is -2.36. The Hall–Kier alpha value is -2.85. The number of halogens is 1. The van der Waals surface area contributed by atoms with Crippen molar-refractivity contribution in [3.63, 3.8) is 0 Å². The van der Waals surface area contributed by atoms with E-state index >= 15 is 0 Å². The topological polar surface area (TPSA) is 44.9 Å². The van der Waals surface area contributed by atoms with Crippen molar-refractivity contribution in [3.05, 3.63) is 106 Å². The third-order valence-corrected chi connectivity index (χ3v) is 6.45. The first-order valence-electron chi connectivity index (χ1n) is 10.2. The van der Waals surface area contributed by atoms with E-state index in [1.54, 1.807) is 6.92 Å². The van der Waals surface area contributed by atoms with Gasteiger partial charge in [0.05, 0.1) is 5.54 Å². The van der Waals surface area contributed by atoms with E-state index in [4.69, 9.17) is 0 Å². The van der Waals surface area contributed by atoms with Crippen molar-refractivity contribution >= 4 is 32.7 Å². The van der Waals surface area contributed by atoms with Gasteiger partial charge in [-0.3, -0.25) is 4.79 Å². The van der Waals surface area contributed by atoms with Crippen molar-refractivity contribution in [2.75, 3.05) is 0 Å². The highest BCUT2D eigenvalue weighted by Gasteiger charge is 2.37. The van der Waals surface area contributed by atoms with Gasteiger partial charge in [0, 0.05) is 34.1 Å². The van der Waals surface area contributed by atoms with Crippen LogP contribution in [0.15, 0.2) is 83.5 Å². The minimum absolute atomic E-state index is 0.0473. The molecule has 0 unspecified atom stereocenters. The fourth-order valence-electron chi connectivity index (χ4n) is 4.30. The van der Waals surface area contributed by atoms with E-state index in [-0.39, 0.29) is 5.91 Å². The number of H-pyrrole nitrogens is 1. The standard InChI is InChI=1S/C26H25BrN2O/c1-18-8-7-10-21(16-18)26(29-19(2)30,15-14-20-9-3-5-12-24(20)27)23-17-28-25-13-6-4-11-22(23)25/h3-13,16-17,28H,14-15H2,1-2H3,(H,29,30)/t26-/m1/s1. The Morgan fingerprint density at radius 2 is 1.80 bits per heavy atom. The number of aromatic amines is 1. The number of nitrogens with one attached hydrogen (secondary N) is 2. The first kappa shape index (κ1) is 20.4. The molecule has 1 atom stereocenters. The van der Waals surface area contributed by atoms with Crippen molar-refractivity contribution in [1.82, 2.24) is 10.3 Å². The number of aryl methyl sites for hydroxylation is 2. The number of aromatic nitrogens is 1. The second-order valence-corrected chi connectivity index (χ2v) is 8.65. The van der Waals surface area contributed by atoms with Crippen molar-refractivity contribution in [3.8, 4) is 0 Å². The van der Waals surface area contributed by atoms with E-state index in [1.807, 2.05) is 24.4 Å². The summed E-state index contributed by atoms with van der Waals surface area (Å²) in [6.45, 7) is 3.68. The fraction of sp³-hybridized carbons (Fsp3) is 0.192. The zero-order valence-corrected chi connectivity index (χ0v) is 18.8. The molecule has 4 heteroatoms. The van der Waals surface area contributed by atoms with Gasteiger partial charge in [-0.1, -0.05) is 82.2 Å². The number of amides is 1. The van der Waals surface area contributed by atoms with Crippen LogP contribution in [0.5, 0.6) is 0 Å². The van der Waals surface area contributed by atoms with Gasteiger partial charge in [0.15, 0.2) is 0 Å². The van der Waals surface area contributed by atoms with Crippen molar-refractivity contribution in [2.24, 2.45) is 0 Å². The molecule has 4 rings (SSSR count). The highest BCUT2D eigenvalue weighted by molar-refractivity contribution is 9.10. The molecule has 0 aliphatic rings. The van der Waals surface area contributed by atoms with E-state index in [0.717, 1.165) is 39.3 Å². The van der Waals surface area contributed by atoms with Gasteiger partial charge < -0.3 is 10.3 Å². The molecule has 1 amide bonds. The lowest BCUT2D eigenvalue weighted by Crippen LogP contribution is -2.46. The Kier molecular flexibility index (Phi) is 5.78.